The van der Waals surface area contributed by atoms with Crippen molar-refractivity contribution in [2.24, 2.45) is 0 Å². The molecule has 5 heteroatoms. The number of hydrogen-bond donors (Lipinski definition) is 0. The van der Waals surface area contributed by atoms with Gasteiger partial charge in [-0.3, -0.25) is 0 Å². The van der Waals surface area contributed by atoms with Gasteiger partial charge in [0.1, 0.15) is 0 Å². The van der Waals surface area contributed by atoms with E-state index in [-0.39, 0.29) is 21.1 Å². The molecule has 0 saturated heterocycles. The van der Waals surface area contributed by atoms with Gasteiger partial charge in [-0.2, -0.15) is 0 Å². The van der Waals surface area contributed by atoms with Crippen LogP contribution >= 0.6 is 0 Å². The van der Waals surface area contributed by atoms with E-state index in [0.717, 1.165) is 13.8 Å². The number of aliphatic carboxylic acids is 2. The molecule has 0 unspecified atom stereocenters. The van der Waals surface area contributed by atoms with E-state index in [0.29, 0.717) is 0 Å². The summed E-state index contributed by atoms with van der Waals surface area (Å²) < 4.78 is 2.69. The van der Waals surface area contributed by atoms with Gasteiger partial charge in [0.15, 0.2) is 0 Å². The van der Waals surface area contributed by atoms with Crippen LogP contribution in [0.4, 0.5) is 0 Å². The standard InChI is InChI=1S/2C7H7.2C2H4O2.Sn/c2*1-7-5-3-2-4-6-7;2*1-2(3)4;/h2*2-6H,1H2;2*1H3,(H,3,4);/q;;;;+2/p-2. The number of carboxylic acids is 2. The SMILES string of the molecule is CC(=O)[O-].CC(=O)[O-].c1ccc([CH2][Sn+2][CH2]c2ccccc2)cc1. The fourth-order valence-electron chi connectivity index (χ4n) is 1.54. The molecule has 2 aromatic rings. The molecule has 0 radical (unpaired) electrons. The van der Waals surface area contributed by atoms with Crippen molar-refractivity contribution in [1.82, 2.24) is 0 Å². The van der Waals surface area contributed by atoms with E-state index in [2.05, 4.69) is 60.7 Å². The maximum absolute atomic E-state index is 8.89. The van der Waals surface area contributed by atoms with Crippen molar-refractivity contribution in [2.45, 2.75) is 22.7 Å². The van der Waals surface area contributed by atoms with Crippen LogP contribution in [0, 0.1) is 0 Å². The van der Waals surface area contributed by atoms with Gasteiger partial charge in [0.2, 0.25) is 0 Å². The summed E-state index contributed by atoms with van der Waals surface area (Å²) in [4.78, 5) is 17.8. The quantitative estimate of drug-likeness (QED) is 0.681. The summed E-state index contributed by atoms with van der Waals surface area (Å²) in [5.41, 5.74) is 3.03. The van der Waals surface area contributed by atoms with Gasteiger partial charge in [0, 0.05) is 11.9 Å². The molecule has 2 rings (SSSR count). The fraction of sp³-hybridized carbons (Fsp3) is 0.222. The molecule has 0 atom stereocenters. The van der Waals surface area contributed by atoms with Crippen molar-refractivity contribution in [3.05, 3.63) is 71.8 Å². The predicted molar refractivity (Wildman–Crippen MR) is 87.4 cm³/mol. The van der Waals surface area contributed by atoms with Crippen LogP contribution in [0.1, 0.15) is 25.0 Å². The zero-order valence-electron chi connectivity index (χ0n) is 13.3. The Hall–Kier alpha value is -1.82. The van der Waals surface area contributed by atoms with Gasteiger partial charge in [-0.05, 0) is 13.8 Å². The van der Waals surface area contributed by atoms with Gasteiger partial charge in [-0.15, -0.1) is 0 Å². The Morgan fingerprint density at radius 2 is 1.00 bits per heavy atom. The predicted octanol–water partition coefficient (Wildman–Crippen LogP) is 0.603. The van der Waals surface area contributed by atoms with E-state index in [1.54, 1.807) is 0 Å². The second kappa shape index (κ2) is 13.8. The van der Waals surface area contributed by atoms with E-state index in [1.165, 1.54) is 20.0 Å². The summed E-state index contributed by atoms with van der Waals surface area (Å²) in [5.74, 6) is -2.17. The van der Waals surface area contributed by atoms with Crippen LogP contribution in [0.3, 0.4) is 0 Å². The monoisotopic (exact) mass is 420 g/mol. The van der Waals surface area contributed by atoms with Gasteiger partial charge < -0.3 is 19.8 Å². The molecule has 0 spiro atoms. The van der Waals surface area contributed by atoms with E-state index in [4.69, 9.17) is 19.8 Å². The molecular weight excluding hydrogens is 399 g/mol. The van der Waals surface area contributed by atoms with Gasteiger partial charge >= 0.3 is 102 Å². The van der Waals surface area contributed by atoms with E-state index in [1.807, 2.05) is 0 Å². The van der Waals surface area contributed by atoms with E-state index < -0.39 is 11.9 Å². The zero-order valence-corrected chi connectivity index (χ0v) is 16.2. The molecule has 0 amide bonds. The second-order valence-corrected chi connectivity index (χ2v) is 8.00. The van der Waals surface area contributed by atoms with Gasteiger partial charge in [-0.1, -0.05) is 0 Å². The summed E-state index contributed by atoms with van der Waals surface area (Å²) in [7, 11) is 0. The maximum atomic E-state index is 8.89. The third kappa shape index (κ3) is 16.4. The van der Waals surface area contributed by atoms with E-state index >= 15 is 0 Å². The topological polar surface area (TPSA) is 80.3 Å². The Labute approximate surface area is 147 Å². The molecule has 0 bridgehead atoms. The Morgan fingerprint density at radius 1 is 0.739 bits per heavy atom. The summed E-state index contributed by atoms with van der Waals surface area (Å²) in [6.45, 7) is 1.94. The number of carbonyl (C=O) groups excluding carboxylic acids is 2. The van der Waals surface area contributed by atoms with Crippen molar-refractivity contribution in [3.8, 4) is 0 Å². The van der Waals surface area contributed by atoms with Crippen LogP contribution < -0.4 is 10.2 Å². The van der Waals surface area contributed by atoms with Crippen LogP contribution in [0.2, 0.25) is 0 Å². The van der Waals surface area contributed by atoms with Crippen LogP contribution in [0.5, 0.6) is 0 Å². The Morgan fingerprint density at radius 3 is 1.26 bits per heavy atom. The summed E-state index contributed by atoms with van der Waals surface area (Å²) in [6.07, 6.45) is 0. The molecular formula is C18H20O4Sn. The first-order valence-corrected chi connectivity index (χ1v) is 11.1. The second-order valence-electron chi connectivity index (χ2n) is 4.56. The average molecular weight is 419 g/mol. The first kappa shape index (κ1) is 21.2. The van der Waals surface area contributed by atoms with Crippen LogP contribution in [-0.4, -0.2) is 33.1 Å². The van der Waals surface area contributed by atoms with Crippen molar-refractivity contribution in [2.75, 3.05) is 0 Å². The van der Waals surface area contributed by atoms with E-state index in [9.17, 15) is 0 Å². The van der Waals surface area contributed by atoms with Crippen LogP contribution in [-0.2, 0) is 18.5 Å². The number of hydrogen-bond acceptors (Lipinski definition) is 4. The van der Waals surface area contributed by atoms with Crippen LogP contribution in [0.25, 0.3) is 0 Å². The summed E-state index contributed by atoms with van der Waals surface area (Å²) in [6, 6.07) is 21.7. The first-order chi connectivity index (χ1) is 10.9. The average Bonchev–Trinajstić information content (AvgIpc) is 2.48. The Balaban J connectivity index is 0.000000509. The molecule has 120 valence electrons. The van der Waals surface area contributed by atoms with Crippen molar-refractivity contribution in [3.63, 3.8) is 0 Å². The molecule has 0 saturated carbocycles. The molecule has 0 N–H and O–H groups in total. The molecule has 0 aliphatic rings. The third-order valence-electron chi connectivity index (χ3n) is 2.34. The number of rotatable bonds is 4. The van der Waals surface area contributed by atoms with Gasteiger partial charge in [0.05, 0.1) is 0 Å². The molecule has 0 heterocycles. The summed E-state index contributed by atoms with van der Waals surface area (Å²) in [5, 5.41) is 17.8. The number of benzene rings is 2. The molecule has 2 aromatic carbocycles. The van der Waals surface area contributed by atoms with Gasteiger partial charge in [0.25, 0.3) is 0 Å². The normalized spacial score (nSPS) is 8.43. The molecule has 0 aromatic heterocycles. The van der Waals surface area contributed by atoms with Crippen molar-refractivity contribution >= 4 is 33.1 Å². The van der Waals surface area contributed by atoms with Crippen LogP contribution in [0.15, 0.2) is 60.7 Å². The minimum atomic E-state index is -1.08. The molecule has 0 aliphatic heterocycles. The van der Waals surface area contributed by atoms with Crippen molar-refractivity contribution < 1.29 is 19.8 Å². The first-order valence-electron chi connectivity index (χ1n) is 7.05. The molecule has 23 heavy (non-hydrogen) atoms. The number of carbonyl (C=O) groups is 2. The molecule has 4 nitrogen and oxygen atoms in total. The third-order valence-corrected chi connectivity index (χ3v) is 6.10. The Kier molecular flexibility index (Phi) is 12.7. The Bertz CT molecular complexity index is 496. The minimum absolute atomic E-state index is 0.258. The zero-order chi connectivity index (χ0) is 17.5. The molecule has 0 aliphatic carbocycles. The summed E-state index contributed by atoms with van der Waals surface area (Å²) >= 11 is -0.258. The number of carboxylic acid groups (broad SMARTS) is 2. The van der Waals surface area contributed by atoms with Gasteiger partial charge in [-0.25, -0.2) is 0 Å². The fourth-order valence-corrected chi connectivity index (χ4v) is 4.89. The molecule has 0 fully saturated rings. The van der Waals surface area contributed by atoms with Crippen molar-refractivity contribution in [1.29, 1.82) is 0 Å².